The molecule has 1 N–H and O–H groups in total. The molecule has 26 heavy (non-hydrogen) atoms. The van der Waals surface area contributed by atoms with E-state index in [4.69, 9.17) is 4.84 Å². The van der Waals surface area contributed by atoms with E-state index < -0.39 is 6.04 Å². The largest absolute Gasteiger partial charge is 0.344 e. The number of hydrazine groups is 1. The number of hydrogen-bond donors (Lipinski definition) is 1. The van der Waals surface area contributed by atoms with E-state index in [1.165, 1.54) is 22.0 Å². The Morgan fingerprint density at radius 3 is 2.58 bits per heavy atom. The molecule has 1 saturated heterocycles. The number of carbonyl (C=O) groups is 3. The van der Waals surface area contributed by atoms with Crippen molar-refractivity contribution >= 4 is 17.8 Å². The molecule has 1 aromatic carbocycles. The Balaban J connectivity index is 1.96. The zero-order chi connectivity index (χ0) is 19.1. The number of carbonyl (C=O) groups excluding carboxylic acids is 3. The molecular formula is C18H26N4O4. The second-order valence-corrected chi connectivity index (χ2v) is 6.02. The van der Waals surface area contributed by atoms with Gasteiger partial charge in [0.05, 0.1) is 6.54 Å². The Bertz CT molecular complexity index is 637. The second kappa shape index (κ2) is 9.19. The van der Waals surface area contributed by atoms with Crippen molar-refractivity contribution in [3.05, 3.63) is 35.9 Å². The molecule has 142 valence electrons. The fourth-order valence-corrected chi connectivity index (χ4v) is 2.78. The predicted molar refractivity (Wildman–Crippen MR) is 95.3 cm³/mol. The summed E-state index contributed by atoms with van der Waals surface area (Å²) in [6, 6.07) is 8.59. The van der Waals surface area contributed by atoms with Crippen molar-refractivity contribution in [2.75, 3.05) is 20.1 Å². The third-order valence-electron chi connectivity index (χ3n) is 4.27. The Hall–Kier alpha value is -2.61. The first-order valence-corrected chi connectivity index (χ1v) is 8.79. The summed E-state index contributed by atoms with van der Waals surface area (Å²) >= 11 is 0. The first kappa shape index (κ1) is 19.7. The van der Waals surface area contributed by atoms with Gasteiger partial charge in [0.15, 0.2) is 0 Å². The van der Waals surface area contributed by atoms with Crippen LogP contribution < -0.4 is 5.43 Å². The molecule has 0 spiro atoms. The number of urea groups is 1. The van der Waals surface area contributed by atoms with Crippen LogP contribution >= 0.6 is 0 Å². The van der Waals surface area contributed by atoms with Gasteiger partial charge in [-0.25, -0.2) is 9.86 Å². The van der Waals surface area contributed by atoms with Gasteiger partial charge in [-0.05, 0) is 18.9 Å². The summed E-state index contributed by atoms with van der Waals surface area (Å²) < 4.78 is 0. The summed E-state index contributed by atoms with van der Waals surface area (Å²) in [5, 5.41) is 2.46. The van der Waals surface area contributed by atoms with E-state index in [0.29, 0.717) is 25.9 Å². The van der Waals surface area contributed by atoms with E-state index in [1.807, 2.05) is 30.3 Å². The van der Waals surface area contributed by atoms with Crippen LogP contribution in [0.15, 0.2) is 30.3 Å². The normalized spacial score (nSPS) is 17.2. The van der Waals surface area contributed by atoms with Crippen LogP contribution in [0.2, 0.25) is 0 Å². The smallest absolute Gasteiger partial charge is 0.311 e. The molecule has 8 nitrogen and oxygen atoms in total. The SMILES string of the molecule is CCC(=O)N(C)NC(=O)[C@@H]1CCN(OCc2ccccc2)C(=O)N1CC. The molecule has 1 aliphatic rings. The van der Waals surface area contributed by atoms with Gasteiger partial charge >= 0.3 is 6.03 Å². The van der Waals surface area contributed by atoms with Crippen LogP contribution in [0.4, 0.5) is 4.79 Å². The lowest BCUT2D eigenvalue weighted by Gasteiger charge is -2.39. The van der Waals surface area contributed by atoms with Gasteiger partial charge in [0.1, 0.15) is 12.6 Å². The van der Waals surface area contributed by atoms with E-state index in [1.54, 1.807) is 13.8 Å². The van der Waals surface area contributed by atoms with Gasteiger partial charge in [-0.15, -0.1) is 0 Å². The van der Waals surface area contributed by atoms with Crippen LogP contribution in [0.5, 0.6) is 0 Å². The van der Waals surface area contributed by atoms with Crippen LogP contribution in [0.1, 0.15) is 32.3 Å². The Labute approximate surface area is 153 Å². The van der Waals surface area contributed by atoms with Gasteiger partial charge in [0.2, 0.25) is 5.91 Å². The summed E-state index contributed by atoms with van der Waals surface area (Å²) in [5.74, 6) is -0.566. The third kappa shape index (κ3) is 4.72. The molecule has 1 aromatic rings. The first-order chi connectivity index (χ1) is 12.5. The third-order valence-corrected chi connectivity index (χ3v) is 4.27. The Morgan fingerprint density at radius 2 is 1.96 bits per heavy atom. The minimum Gasteiger partial charge on any atom is -0.311 e. The summed E-state index contributed by atoms with van der Waals surface area (Å²) in [6.45, 7) is 4.49. The molecule has 2 rings (SSSR count). The summed E-state index contributed by atoms with van der Waals surface area (Å²) in [4.78, 5) is 43.8. The number of hydroxylamine groups is 2. The van der Waals surface area contributed by atoms with Gasteiger partial charge in [-0.2, -0.15) is 0 Å². The molecule has 0 aromatic heterocycles. The number of nitrogens with one attached hydrogen (secondary N) is 1. The molecule has 1 fully saturated rings. The van der Waals surface area contributed by atoms with Gasteiger partial charge in [-0.1, -0.05) is 37.3 Å². The molecule has 0 unspecified atom stereocenters. The van der Waals surface area contributed by atoms with Crippen LogP contribution in [-0.4, -0.2) is 59.0 Å². The zero-order valence-electron chi connectivity index (χ0n) is 15.5. The average Bonchev–Trinajstić information content (AvgIpc) is 2.66. The lowest BCUT2D eigenvalue weighted by Crippen LogP contribution is -2.60. The van der Waals surface area contributed by atoms with E-state index in [9.17, 15) is 14.4 Å². The Morgan fingerprint density at radius 1 is 1.27 bits per heavy atom. The fraction of sp³-hybridized carbons (Fsp3) is 0.500. The quantitative estimate of drug-likeness (QED) is 0.778. The molecule has 0 aliphatic carbocycles. The molecule has 0 saturated carbocycles. The lowest BCUT2D eigenvalue weighted by molar-refractivity contribution is -0.159. The molecule has 1 atom stereocenters. The van der Waals surface area contributed by atoms with E-state index in [0.717, 1.165) is 5.56 Å². The molecule has 1 aliphatic heterocycles. The van der Waals surface area contributed by atoms with Crippen molar-refractivity contribution in [3.8, 4) is 0 Å². The van der Waals surface area contributed by atoms with Crippen molar-refractivity contribution in [2.24, 2.45) is 0 Å². The maximum atomic E-state index is 12.6. The highest BCUT2D eigenvalue weighted by Crippen LogP contribution is 2.18. The number of rotatable bonds is 6. The van der Waals surface area contributed by atoms with Crippen molar-refractivity contribution in [1.29, 1.82) is 0 Å². The highest BCUT2D eigenvalue weighted by molar-refractivity contribution is 5.89. The maximum absolute atomic E-state index is 12.6. The van der Waals surface area contributed by atoms with E-state index in [2.05, 4.69) is 5.43 Å². The van der Waals surface area contributed by atoms with Crippen LogP contribution in [0.25, 0.3) is 0 Å². The maximum Gasteiger partial charge on any atom is 0.344 e. The number of nitrogens with zero attached hydrogens (tertiary/aromatic N) is 3. The highest BCUT2D eigenvalue weighted by Gasteiger charge is 2.37. The lowest BCUT2D eigenvalue weighted by atomic mass is 10.1. The molecule has 1 heterocycles. The van der Waals surface area contributed by atoms with Crippen molar-refractivity contribution in [1.82, 2.24) is 20.4 Å². The fourth-order valence-electron chi connectivity index (χ4n) is 2.78. The molecule has 0 bridgehead atoms. The number of hydrogen-bond acceptors (Lipinski definition) is 4. The van der Waals surface area contributed by atoms with Crippen molar-refractivity contribution in [3.63, 3.8) is 0 Å². The van der Waals surface area contributed by atoms with Gasteiger partial charge in [0, 0.05) is 20.0 Å². The number of amides is 4. The van der Waals surface area contributed by atoms with Crippen LogP contribution in [-0.2, 0) is 21.0 Å². The average molecular weight is 362 g/mol. The van der Waals surface area contributed by atoms with Crippen LogP contribution in [0.3, 0.4) is 0 Å². The number of likely N-dealkylation sites (N-methyl/N-ethyl adjacent to an activating group) is 1. The minimum atomic E-state index is -0.629. The van der Waals surface area contributed by atoms with E-state index in [-0.39, 0.29) is 24.5 Å². The molecular weight excluding hydrogens is 336 g/mol. The van der Waals surface area contributed by atoms with Crippen LogP contribution in [0, 0.1) is 0 Å². The minimum absolute atomic E-state index is 0.198. The van der Waals surface area contributed by atoms with Gasteiger partial charge in [-0.3, -0.25) is 24.9 Å². The predicted octanol–water partition coefficient (Wildman–Crippen LogP) is 1.53. The molecule has 0 radical (unpaired) electrons. The monoisotopic (exact) mass is 362 g/mol. The zero-order valence-corrected chi connectivity index (χ0v) is 15.5. The molecule has 8 heteroatoms. The molecule has 4 amide bonds. The summed E-state index contributed by atoms with van der Waals surface area (Å²) in [5.41, 5.74) is 3.51. The first-order valence-electron chi connectivity index (χ1n) is 8.79. The van der Waals surface area contributed by atoms with E-state index >= 15 is 0 Å². The topological polar surface area (TPSA) is 82.2 Å². The Kier molecular flexibility index (Phi) is 6.97. The van der Waals surface area contributed by atoms with Crippen molar-refractivity contribution in [2.45, 2.75) is 39.3 Å². The summed E-state index contributed by atoms with van der Waals surface area (Å²) in [7, 11) is 1.50. The van der Waals surface area contributed by atoms with Crippen molar-refractivity contribution < 1.29 is 19.2 Å². The van der Waals surface area contributed by atoms with Gasteiger partial charge < -0.3 is 4.90 Å². The standard InChI is InChI=1S/C18H26N4O4/c1-4-16(23)20(3)19-17(24)15-11-12-22(18(25)21(15)5-2)26-13-14-9-7-6-8-10-14/h6-10,15H,4-5,11-13H2,1-3H3,(H,19,24)/t15-/m0/s1. The van der Waals surface area contributed by atoms with Gasteiger partial charge in [0.25, 0.3) is 5.91 Å². The highest BCUT2D eigenvalue weighted by atomic mass is 16.7. The number of benzene rings is 1. The second-order valence-electron chi connectivity index (χ2n) is 6.02. The summed E-state index contributed by atoms with van der Waals surface area (Å²) in [6.07, 6.45) is 0.716.